The molecule has 34 heteroatoms. The maximum absolute atomic E-state index is 13.5. The molecule has 0 unspecified atom stereocenters. The number of carboxylic acid groups (broad SMARTS) is 1. The Hall–Kier alpha value is -4.52. The van der Waals surface area contributed by atoms with Gasteiger partial charge in [-0.15, -0.1) is 12.4 Å². The van der Waals surface area contributed by atoms with Gasteiger partial charge in [0, 0.05) is 50.8 Å². The van der Waals surface area contributed by atoms with Crippen LogP contribution in [0.1, 0.15) is 94.9 Å². The van der Waals surface area contributed by atoms with E-state index < -0.39 is 45.4 Å². The molecular weight excluding hydrogens is 1110 g/mol. The number of carboxylic acids is 1. The van der Waals surface area contributed by atoms with Gasteiger partial charge in [-0.1, -0.05) is 0 Å². The largest absolute Gasteiger partial charge is 0.481 e. The molecule has 0 spiro atoms. The van der Waals surface area contributed by atoms with E-state index >= 15 is 0 Å². The predicted molar refractivity (Wildman–Crippen MR) is 281 cm³/mol. The van der Waals surface area contributed by atoms with E-state index in [-0.39, 0.29) is 124 Å². The first-order valence-electron chi connectivity index (χ1n) is 23.5. The minimum atomic E-state index is -4.16. The van der Waals surface area contributed by atoms with E-state index in [1.807, 2.05) is 20.8 Å². The van der Waals surface area contributed by atoms with Crippen molar-refractivity contribution in [3.63, 3.8) is 0 Å². The van der Waals surface area contributed by atoms with Crippen molar-refractivity contribution in [3.05, 3.63) is 25.3 Å². The number of halogens is 2. The van der Waals surface area contributed by atoms with E-state index in [9.17, 15) is 28.3 Å². The van der Waals surface area contributed by atoms with Crippen LogP contribution in [-0.4, -0.2) is 160 Å². The number of imidazole rings is 2. The summed E-state index contributed by atoms with van der Waals surface area (Å²) in [5, 5.41) is 21.6. The van der Waals surface area contributed by atoms with Crippen LogP contribution in [0.5, 0.6) is 0 Å². The Labute approximate surface area is 461 Å². The van der Waals surface area contributed by atoms with Crippen LogP contribution in [0.25, 0.3) is 22.3 Å². The van der Waals surface area contributed by atoms with Crippen molar-refractivity contribution in [1.82, 2.24) is 49.2 Å². The van der Waals surface area contributed by atoms with Gasteiger partial charge >= 0.3 is 31.5 Å². The van der Waals surface area contributed by atoms with Gasteiger partial charge in [0.1, 0.15) is 36.4 Å². The Morgan fingerprint density at radius 2 is 0.987 bits per heavy atom. The van der Waals surface area contributed by atoms with Gasteiger partial charge in [0.05, 0.1) is 81.9 Å². The van der Waals surface area contributed by atoms with Crippen molar-refractivity contribution in [2.24, 2.45) is 11.5 Å². The second-order valence-corrected chi connectivity index (χ2v) is 20.7. The molecule has 4 heterocycles. The summed E-state index contributed by atoms with van der Waals surface area (Å²) in [7, 11) is -7.47. The number of nitrogens with zero attached hydrogens (tertiary/aromatic N) is 8. The standard InChI is InChI=1S/C21H36N7O6P.C9H14N5O4P.C6H13NO2.C3H7NO2.C3H8O.ClH.FH.V/c1-14(2)33-17(29)6-8-26-35(31,27-9-7-18(30)34-15(3)4)13-32-16(5)10-28-12-25-19-20(22)23-11-24-21(19)28;1-6(18-5-19(15,16)17)2-14-4-13-7-8(10)11-3-12-9(7)14;1-5(2)9-6(8)3-4-7;4-2-1-3(5)6;1-3(2)4;;;/h11-12,14-16H,6-10,13H2,1-5H3,(H2,22,23,24)(H2,26,27,31);3-4,6H,2,5H2,1H3,(H2,10,11,12)(H2,15,16,17);5H,3-4,7H2,1-2H3;1-2,4H2,(H,5,6);3-4H,1-2H3;2*1H;/t16-;6-;;;;;;/m11....../s1/i/hT. The van der Waals surface area contributed by atoms with Gasteiger partial charge in [0.25, 0.3) is 1.45 Å². The molecule has 29 nitrogen and oxygen atoms in total. The van der Waals surface area contributed by atoms with Gasteiger partial charge in [-0.05, 0) is 69.2 Å². The number of esters is 3. The summed E-state index contributed by atoms with van der Waals surface area (Å²) in [4.78, 5) is 85.5. The first kappa shape index (κ1) is 75.7. The number of aromatic nitrogens is 8. The fourth-order valence-corrected chi connectivity index (χ4v) is 7.37. The molecule has 0 aliphatic carbocycles. The Balaban J connectivity index is -0.000000527. The average molecular weight is 1190 g/mol. The van der Waals surface area contributed by atoms with Crippen molar-refractivity contribution in [3.8, 4) is 0 Å². The van der Waals surface area contributed by atoms with Gasteiger partial charge in [0.2, 0.25) is 7.44 Å². The van der Waals surface area contributed by atoms with E-state index in [1.165, 1.54) is 19.0 Å². The smallest absolute Gasteiger partial charge is 0.350 e. The SMILES string of the molecule is CC(C)O.CC(C)OC(=O)CCN.CC(C)OC(=O)CCNP(=O)(CO[C@H](C)Cn1cnc2c(N)ncnc21)NCCC(=O)OC(C)C.C[C@H](Cn1cnc2c(N)ncnc21)OCP(=O)(O)O.Cl.NCCC(=O)O.[3H]F.[V]. The first-order chi connectivity index (χ1) is 35.0. The van der Waals surface area contributed by atoms with Crippen LogP contribution in [0.2, 0.25) is 0 Å². The molecule has 1 radical (unpaired) electrons. The molecule has 0 aliphatic heterocycles. The Morgan fingerprint density at radius 3 is 1.29 bits per heavy atom. The van der Waals surface area contributed by atoms with Crippen LogP contribution in [0, 0.1) is 0 Å². The zero-order chi connectivity index (χ0) is 57.9. The molecule has 0 aromatic carbocycles. The number of hydrogen-bond donors (Lipinski definition) is 10. The number of hydrogen-bond acceptors (Lipinski definition) is 22. The van der Waals surface area contributed by atoms with Crippen LogP contribution in [0.15, 0.2) is 25.3 Å². The number of aliphatic hydroxyl groups excluding tert-OH is 1. The van der Waals surface area contributed by atoms with Crippen molar-refractivity contribution in [2.75, 3.05) is 50.3 Å². The second-order valence-electron chi connectivity index (χ2n) is 16.8. The van der Waals surface area contributed by atoms with Crippen molar-refractivity contribution >= 4 is 85.3 Å². The van der Waals surface area contributed by atoms with Crippen LogP contribution in [-0.2, 0) is 83.6 Å². The first-order valence-corrected chi connectivity index (χ1v) is 26.8. The topological polar surface area (TPSA) is 445 Å². The molecule has 4 rings (SSSR count). The molecule has 0 amide bonds. The number of nitrogens with two attached hydrogens (primary N) is 4. The van der Waals surface area contributed by atoms with Gasteiger partial charge in [-0.3, -0.25) is 43.2 Å². The normalized spacial score (nSPS) is 11.8. The number of nitrogens with one attached hydrogen (secondary N) is 2. The summed E-state index contributed by atoms with van der Waals surface area (Å²) < 4.78 is 66.6. The minimum Gasteiger partial charge on any atom is -0.481 e. The van der Waals surface area contributed by atoms with E-state index in [0.29, 0.717) is 48.4 Å². The number of ether oxygens (including phenoxy) is 5. The molecule has 76 heavy (non-hydrogen) atoms. The van der Waals surface area contributed by atoms with E-state index in [2.05, 4.69) is 41.5 Å². The Morgan fingerprint density at radius 1 is 0.645 bits per heavy atom. The monoisotopic (exact) mass is 1190 g/mol. The zero-order valence-electron chi connectivity index (χ0n) is 45.6. The van der Waals surface area contributed by atoms with Gasteiger partial charge in [-0.25, -0.2) is 29.9 Å². The Kier molecular flexibility index (Phi) is 41.4. The molecule has 437 valence electrons. The third kappa shape index (κ3) is 37.3. The van der Waals surface area contributed by atoms with Crippen molar-refractivity contribution in [2.45, 2.75) is 145 Å². The maximum Gasteiger partial charge on any atom is 0.350 e. The number of anilines is 2. The molecule has 0 aliphatic rings. The maximum atomic E-state index is 13.5. The summed E-state index contributed by atoms with van der Waals surface area (Å²) in [5.74, 6) is -1.28. The average Bonchev–Trinajstić information content (AvgIpc) is 3.90. The number of rotatable bonds is 25. The summed E-state index contributed by atoms with van der Waals surface area (Å²) in [5.41, 5.74) is 23.5. The third-order valence-electron chi connectivity index (χ3n) is 8.04. The molecule has 2 atom stereocenters. The fraction of sp³-hybridized carbons (Fsp3) is 0.667. The minimum absolute atomic E-state index is 0. The van der Waals surface area contributed by atoms with Crippen molar-refractivity contribution < 1.29 is 95.3 Å². The zero-order valence-corrected chi connectivity index (χ0v) is 48.6. The molecule has 4 aromatic rings. The predicted octanol–water partition coefficient (Wildman–Crippen LogP) is 2.44. The molecule has 4 aromatic heterocycles. The number of aliphatic hydroxyl groups is 1. The van der Waals surface area contributed by atoms with Crippen LogP contribution in [0.4, 0.5) is 16.4 Å². The summed E-state index contributed by atoms with van der Waals surface area (Å²) in [6.07, 6.45) is 4.07. The molecule has 0 fully saturated rings. The van der Waals surface area contributed by atoms with Crippen LogP contribution < -0.4 is 33.1 Å². The van der Waals surface area contributed by atoms with Crippen LogP contribution in [0.3, 0.4) is 0 Å². The number of aliphatic carboxylic acids is 1. The quantitative estimate of drug-likeness (QED) is 0.0259. The van der Waals surface area contributed by atoms with E-state index in [1.54, 1.807) is 63.9 Å². The molecule has 0 saturated heterocycles. The number of carbonyl (C=O) groups excluding carboxylic acids is 3. The van der Waals surface area contributed by atoms with Gasteiger partial charge in [0.15, 0.2) is 22.9 Å². The van der Waals surface area contributed by atoms with Crippen LogP contribution >= 0.6 is 27.4 Å². The number of nitrogen functional groups attached to an aromatic ring is 2. The molecule has 0 bridgehead atoms. The van der Waals surface area contributed by atoms with Crippen molar-refractivity contribution in [1.29, 1.82) is 1.45 Å². The van der Waals surface area contributed by atoms with Gasteiger partial charge < -0.3 is 75.8 Å². The second kappa shape index (κ2) is 41.6. The summed E-state index contributed by atoms with van der Waals surface area (Å²) in [6.45, 7) is 19.2. The summed E-state index contributed by atoms with van der Waals surface area (Å²) >= 11 is 0. The molecule has 14 N–H and O–H groups in total. The van der Waals surface area contributed by atoms with E-state index in [4.69, 9.17) is 71.3 Å². The fourth-order valence-electron chi connectivity index (χ4n) is 5.21. The van der Waals surface area contributed by atoms with E-state index in [0.717, 1.165) is 0 Å². The Bertz CT molecular complexity index is 2330. The molecular formula is C42H80ClFN14O15P2V. The molecule has 0 saturated carbocycles. The number of carbonyl (C=O) groups is 4. The third-order valence-corrected chi connectivity index (χ3v) is 10.5. The summed E-state index contributed by atoms with van der Waals surface area (Å²) in [6, 6.07) is 0. The number of fused-ring (bicyclic) bond motifs is 2. The van der Waals surface area contributed by atoms with Gasteiger partial charge in [-0.2, -0.15) is 0 Å².